The number of benzene rings is 1. The molecule has 0 spiro atoms. The van der Waals surface area contributed by atoms with Crippen LogP contribution in [0.3, 0.4) is 0 Å². The Morgan fingerprint density at radius 3 is 2.79 bits per heavy atom. The Hall–Kier alpha value is -1.69. The van der Waals surface area contributed by atoms with E-state index in [1.54, 1.807) is 17.5 Å². The van der Waals surface area contributed by atoms with Gasteiger partial charge in [-0.05, 0) is 49.9 Å². The van der Waals surface area contributed by atoms with Crippen molar-refractivity contribution < 1.29 is 4.42 Å². The highest BCUT2D eigenvalue weighted by Crippen LogP contribution is 2.42. The highest BCUT2D eigenvalue weighted by Gasteiger charge is 2.34. The summed E-state index contributed by atoms with van der Waals surface area (Å²) in [5.41, 5.74) is 2.07. The number of aromatic nitrogens is 2. The van der Waals surface area contributed by atoms with Gasteiger partial charge in [0, 0.05) is 21.7 Å². The molecule has 1 atom stereocenters. The third-order valence-electron chi connectivity index (χ3n) is 4.15. The molecule has 124 valence electrons. The zero-order valence-electron chi connectivity index (χ0n) is 13.3. The van der Waals surface area contributed by atoms with Crippen molar-refractivity contribution in [3.63, 3.8) is 0 Å². The van der Waals surface area contributed by atoms with E-state index in [1.807, 2.05) is 31.2 Å². The van der Waals surface area contributed by atoms with Crippen molar-refractivity contribution in [2.45, 2.75) is 32.4 Å². The predicted molar refractivity (Wildman–Crippen MR) is 96.1 cm³/mol. The van der Waals surface area contributed by atoms with E-state index in [0.717, 1.165) is 17.0 Å². The Labute approximate surface area is 149 Å². The lowest BCUT2D eigenvalue weighted by Gasteiger charge is -2.14. The second-order valence-corrected chi connectivity index (χ2v) is 7.47. The number of hydrogen-bond donors (Lipinski definition) is 1. The monoisotopic (exact) mass is 359 g/mol. The van der Waals surface area contributed by atoms with Gasteiger partial charge in [0.1, 0.15) is 5.01 Å². The molecule has 0 aliphatic heterocycles. The molecule has 1 saturated carbocycles. The Balaban J connectivity index is 1.44. The normalized spacial score (nSPS) is 15.6. The second kappa shape index (κ2) is 6.67. The summed E-state index contributed by atoms with van der Waals surface area (Å²) in [6.07, 6.45) is 4.29. The van der Waals surface area contributed by atoms with E-state index < -0.39 is 0 Å². The Bertz CT molecular complexity index is 823. The van der Waals surface area contributed by atoms with Crippen LogP contribution in [0.25, 0.3) is 11.3 Å². The third kappa shape index (κ3) is 3.53. The Morgan fingerprint density at radius 2 is 2.12 bits per heavy atom. The first-order valence-corrected chi connectivity index (χ1v) is 9.31. The first-order valence-electron chi connectivity index (χ1n) is 8.05. The standard InChI is InChI=1S/C18H18ClN3OS/c1-11-10-24-18(22-11)17(13-2-3-13)21-9-16-20-8-15(23-16)12-4-6-14(19)7-5-12/h4-8,10,13,17,21H,2-3,9H2,1H3/t17-/m1/s1. The summed E-state index contributed by atoms with van der Waals surface area (Å²) in [7, 11) is 0. The quantitative estimate of drug-likeness (QED) is 0.672. The largest absolute Gasteiger partial charge is 0.439 e. The van der Waals surface area contributed by atoms with Gasteiger partial charge < -0.3 is 4.42 Å². The minimum absolute atomic E-state index is 0.301. The van der Waals surface area contributed by atoms with Crippen molar-refractivity contribution in [1.82, 2.24) is 15.3 Å². The molecule has 4 rings (SSSR count). The molecule has 1 aliphatic rings. The number of nitrogens with one attached hydrogen (secondary N) is 1. The van der Waals surface area contributed by atoms with Crippen molar-refractivity contribution >= 4 is 22.9 Å². The summed E-state index contributed by atoms with van der Waals surface area (Å²) in [4.78, 5) is 9.02. The van der Waals surface area contributed by atoms with E-state index in [9.17, 15) is 0 Å². The topological polar surface area (TPSA) is 51.0 Å². The number of aryl methyl sites for hydroxylation is 1. The van der Waals surface area contributed by atoms with Crippen LogP contribution in [-0.4, -0.2) is 9.97 Å². The first kappa shape index (κ1) is 15.8. The van der Waals surface area contributed by atoms with E-state index in [-0.39, 0.29) is 0 Å². The Kier molecular flexibility index (Phi) is 4.39. The number of rotatable bonds is 6. The van der Waals surface area contributed by atoms with E-state index >= 15 is 0 Å². The van der Waals surface area contributed by atoms with Crippen molar-refractivity contribution in [1.29, 1.82) is 0 Å². The molecule has 3 aromatic rings. The fourth-order valence-electron chi connectivity index (χ4n) is 2.74. The molecule has 1 aliphatic carbocycles. The second-order valence-electron chi connectivity index (χ2n) is 6.15. The molecule has 1 N–H and O–H groups in total. The number of oxazole rings is 1. The maximum atomic E-state index is 5.92. The summed E-state index contributed by atoms with van der Waals surface area (Å²) in [6.45, 7) is 2.64. The minimum Gasteiger partial charge on any atom is -0.439 e. The lowest BCUT2D eigenvalue weighted by molar-refractivity contribution is 0.419. The van der Waals surface area contributed by atoms with Gasteiger partial charge in [-0.15, -0.1) is 11.3 Å². The zero-order chi connectivity index (χ0) is 16.5. The average molecular weight is 360 g/mol. The number of nitrogens with zero attached hydrogens (tertiary/aromatic N) is 2. The van der Waals surface area contributed by atoms with Crippen molar-refractivity contribution in [3.8, 4) is 11.3 Å². The molecule has 0 saturated heterocycles. The van der Waals surface area contributed by atoms with Gasteiger partial charge in [0.15, 0.2) is 5.76 Å². The third-order valence-corrected chi connectivity index (χ3v) is 5.45. The Morgan fingerprint density at radius 1 is 1.33 bits per heavy atom. The highest BCUT2D eigenvalue weighted by atomic mass is 35.5. The van der Waals surface area contributed by atoms with Crippen LogP contribution in [0.2, 0.25) is 5.02 Å². The molecule has 2 heterocycles. The van der Waals surface area contributed by atoms with Crippen LogP contribution < -0.4 is 5.32 Å². The molecule has 6 heteroatoms. The van der Waals surface area contributed by atoms with Gasteiger partial charge in [0.2, 0.25) is 5.89 Å². The van der Waals surface area contributed by atoms with Crippen LogP contribution in [0, 0.1) is 12.8 Å². The van der Waals surface area contributed by atoms with Gasteiger partial charge in [-0.3, -0.25) is 5.32 Å². The van der Waals surface area contributed by atoms with E-state index in [2.05, 4.69) is 20.7 Å². The summed E-state index contributed by atoms with van der Waals surface area (Å²) in [5.74, 6) is 2.14. The molecule has 0 radical (unpaired) electrons. The summed E-state index contributed by atoms with van der Waals surface area (Å²) >= 11 is 7.65. The van der Waals surface area contributed by atoms with E-state index in [4.69, 9.17) is 16.0 Å². The van der Waals surface area contributed by atoms with Crippen molar-refractivity contribution in [2.75, 3.05) is 0 Å². The van der Waals surface area contributed by atoms with Crippen molar-refractivity contribution in [2.24, 2.45) is 5.92 Å². The lowest BCUT2D eigenvalue weighted by atomic mass is 10.2. The number of hydrogen-bond acceptors (Lipinski definition) is 5. The molecular weight excluding hydrogens is 342 g/mol. The zero-order valence-corrected chi connectivity index (χ0v) is 14.9. The van der Waals surface area contributed by atoms with Gasteiger partial charge in [-0.2, -0.15) is 0 Å². The van der Waals surface area contributed by atoms with Crippen LogP contribution in [-0.2, 0) is 6.54 Å². The van der Waals surface area contributed by atoms with Crippen LogP contribution in [0.15, 0.2) is 40.3 Å². The summed E-state index contributed by atoms with van der Waals surface area (Å²) in [5, 5.41) is 7.56. The molecule has 0 unspecified atom stereocenters. The van der Waals surface area contributed by atoms with E-state index in [1.165, 1.54) is 17.8 Å². The van der Waals surface area contributed by atoms with Crippen LogP contribution in [0.5, 0.6) is 0 Å². The molecule has 4 nitrogen and oxygen atoms in total. The maximum absolute atomic E-state index is 5.92. The molecule has 2 aromatic heterocycles. The van der Waals surface area contributed by atoms with Crippen LogP contribution in [0.4, 0.5) is 0 Å². The molecule has 0 bridgehead atoms. The van der Waals surface area contributed by atoms with Crippen LogP contribution >= 0.6 is 22.9 Å². The van der Waals surface area contributed by atoms with Gasteiger partial charge in [-0.25, -0.2) is 9.97 Å². The summed E-state index contributed by atoms with van der Waals surface area (Å²) in [6, 6.07) is 7.88. The maximum Gasteiger partial charge on any atom is 0.208 e. The molecule has 0 amide bonds. The number of halogens is 1. The molecular formula is C18H18ClN3OS. The smallest absolute Gasteiger partial charge is 0.208 e. The number of thiazole rings is 1. The van der Waals surface area contributed by atoms with Gasteiger partial charge in [-0.1, -0.05) is 11.6 Å². The van der Waals surface area contributed by atoms with E-state index in [0.29, 0.717) is 29.4 Å². The van der Waals surface area contributed by atoms with Gasteiger partial charge in [0.05, 0.1) is 18.8 Å². The first-order chi connectivity index (χ1) is 11.7. The molecule has 1 fully saturated rings. The summed E-state index contributed by atoms with van der Waals surface area (Å²) < 4.78 is 5.87. The van der Waals surface area contributed by atoms with Crippen molar-refractivity contribution in [3.05, 3.63) is 57.5 Å². The van der Waals surface area contributed by atoms with Crippen LogP contribution in [0.1, 0.15) is 35.5 Å². The lowest BCUT2D eigenvalue weighted by Crippen LogP contribution is -2.22. The fraction of sp³-hybridized carbons (Fsp3) is 0.333. The van der Waals surface area contributed by atoms with Gasteiger partial charge >= 0.3 is 0 Å². The molecule has 1 aromatic carbocycles. The molecule has 24 heavy (non-hydrogen) atoms. The fourth-order valence-corrected chi connectivity index (χ4v) is 3.83. The van der Waals surface area contributed by atoms with Gasteiger partial charge in [0.25, 0.3) is 0 Å². The SMILES string of the molecule is Cc1csc([C@H](NCc2ncc(-c3ccc(Cl)cc3)o2)C2CC2)n1. The predicted octanol–water partition coefficient (Wildman–Crippen LogP) is 5.00. The minimum atomic E-state index is 0.301. The highest BCUT2D eigenvalue weighted by molar-refractivity contribution is 7.09. The average Bonchev–Trinajstić information content (AvgIpc) is 3.14.